The fourth-order valence-corrected chi connectivity index (χ4v) is 4.95. The van der Waals surface area contributed by atoms with Gasteiger partial charge in [0.1, 0.15) is 23.0 Å². The van der Waals surface area contributed by atoms with Crippen molar-refractivity contribution in [2.75, 3.05) is 12.4 Å². The number of aromatic nitrogens is 2. The molecule has 1 aliphatic rings. The van der Waals surface area contributed by atoms with Crippen LogP contribution in [0.5, 0.6) is 0 Å². The van der Waals surface area contributed by atoms with Crippen LogP contribution >= 0.6 is 23.2 Å². The molecule has 0 saturated carbocycles. The van der Waals surface area contributed by atoms with E-state index in [1.165, 1.54) is 19.5 Å². The van der Waals surface area contributed by atoms with Crippen LogP contribution < -0.4 is 16.1 Å². The van der Waals surface area contributed by atoms with Crippen LogP contribution in [0.4, 0.5) is 11.4 Å². The zero-order valence-corrected chi connectivity index (χ0v) is 24.5. The van der Waals surface area contributed by atoms with Crippen LogP contribution in [0.15, 0.2) is 63.9 Å². The van der Waals surface area contributed by atoms with Crippen molar-refractivity contribution in [3.63, 3.8) is 0 Å². The molecule has 1 aromatic heterocycles. The predicted octanol–water partition coefficient (Wildman–Crippen LogP) is 6.90. The lowest BCUT2D eigenvalue weighted by molar-refractivity contribution is -0.120. The van der Waals surface area contributed by atoms with E-state index in [9.17, 15) is 9.59 Å². The molecule has 4 N–H and O–H groups in total. The molecule has 3 atom stereocenters. The van der Waals surface area contributed by atoms with E-state index >= 15 is 0 Å². The maximum atomic E-state index is 13.1. The Balaban J connectivity index is 1.60. The number of para-hydroxylation sites is 1. The Labute approximate surface area is 248 Å². The average molecular weight is 596 g/mol. The number of H-pyrrole nitrogens is 1. The summed E-state index contributed by atoms with van der Waals surface area (Å²) in [5.41, 5.74) is 5.65. The van der Waals surface area contributed by atoms with E-state index in [2.05, 4.69) is 43.3 Å². The topological polar surface area (TPSA) is 136 Å². The van der Waals surface area contributed by atoms with Crippen molar-refractivity contribution >= 4 is 58.8 Å². The highest BCUT2D eigenvalue weighted by Crippen LogP contribution is 2.35. The second-order valence-corrected chi connectivity index (χ2v) is 10.6. The lowest BCUT2D eigenvalue weighted by Gasteiger charge is -2.21. The average Bonchev–Trinajstić information content (AvgIpc) is 3.35. The molecule has 2 bridgehead atoms. The summed E-state index contributed by atoms with van der Waals surface area (Å²) in [6.07, 6.45) is 6.64. The van der Waals surface area contributed by atoms with Crippen LogP contribution in [0, 0.1) is 11.8 Å². The number of carbonyl (C=O) groups is 2. The van der Waals surface area contributed by atoms with Crippen LogP contribution in [0.25, 0.3) is 17.3 Å². The van der Waals surface area contributed by atoms with E-state index in [1.54, 1.807) is 24.3 Å². The highest BCUT2D eigenvalue weighted by Gasteiger charge is 2.26. The van der Waals surface area contributed by atoms with Crippen molar-refractivity contribution in [2.45, 2.75) is 39.2 Å². The first-order chi connectivity index (χ1) is 19.8. The van der Waals surface area contributed by atoms with Gasteiger partial charge < -0.3 is 15.6 Å². The molecule has 2 aromatic carbocycles. The van der Waals surface area contributed by atoms with E-state index in [0.29, 0.717) is 50.6 Å². The number of carbonyl (C=O) groups excluding carboxylic acids is 2. The Morgan fingerprint density at radius 2 is 1.95 bits per heavy atom. The zero-order valence-electron chi connectivity index (χ0n) is 23.0. The maximum absolute atomic E-state index is 13.1. The van der Waals surface area contributed by atoms with Crippen LogP contribution in [-0.4, -0.2) is 35.2 Å². The Morgan fingerprint density at radius 3 is 2.76 bits per heavy atom. The monoisotopic (exact) mass is 594 g/mol. The van der Waals surface area contributed by atoms with Crippen LogP contribution in [0.3, 0.4) is 0 Å². The summed E-state index contributed by atoms with van der Waals surface area (Å²) >= 11 is 12.8. The molecular weight excluding hydrogens is 563 g/mol. The van der Waals surface area contributed by atoms with Crippen molar-refractivity contribution in [3.05, 3.63) is 70.1 Å². The number of nitrogens with one attached hydrogen (secondary N) is 4. The van der Waals surface area contributed by atoms with Gasteiger partial charge in [-0.15, -0.1) is 0 Å². The van der Waals surface area contributed by atoms with E-state index in [-0.39, 0.29) is 23.7 Å². The number of rotatable bonds is 6. The number of aliphatic imine (C=N–C) groups is 1. The van der Waals surface area contributed by atoms with E-state index < -0.39 is 6.04 Å². The molecular formula is C29H32Cl2N8O2. The number of imidazole rings is 1. The van der Waals surface area contributed by atoms with Crippen LogP contribution in [-0.2, 0) is 9.59 Å². The van der Waals surface area contributed by atoms with Crippen LogP contribution in [0.1, 0.15) is 50.5 Å². The normalized spacial score (nSPS) is 19.8. The minimum atomic E-state index is -0.432. The molecule has 2 unspecified atom stereocenters. The molecule has 12 heteroatoms. The summed E-state index contributed by atoms with van der Waals surface area (Å²) in [4.78, 5) is 38.4. The molecule has 10 nitrogen and oxygen atoms in total. The van der Waals surface area contributed by atoms with Gasteiger partial charge in [-0.1, -0.05) is 66.9 Å². The minimum Gasteiger partial charge on any atom is -0.343 e. The van der Waals surface area contributed by atoms with Crippen molar-refractivity contribution in [3.8, 4) is 11.3 Å². The van der Waals surface area contributed by atoms with Gasteiger partial charge in [-0.2, -0.15) is 5.11 Å². The van der Waals surface area contributed by atoms with Crippen molar-refractivity contribution in [1.29, 1.82) is 0 Å². The molecule has 0 saturated heterocycles. The molecule has 2 amide bonds. The highest BCUT2D eigenvalue weighted by molar-refractivity contribution is 6.32. The van der Waals surface area contributed by atoms with Crippen molar-refractivity contribution < 1.29 is 9.59 Å². The second-order valence-electron chi connectivity index (χ2n) is 9.80. The van der Waals surface area contributed by atoms with Gasteiger partial charge in [0.25, 0.3) is 0 Å². The number of hydrogen-bond donors (Lipinski definition) is 4. The fourth-order valence-electron chi connectivity index (χ4n) is 4.53. The predicted molar refractivity (Wildman–Crippen MR) is 163 cm³/mol. The third kappa shape index (κ3) is 7.80. The first-order valence-corrected chi connectivity index (χ1v) is 14.0. The SMILES string of the molecule is CN=NNC=Nc1ccc(Cl)cc1/C=C/C(=O)N[C@H]1CCCC(C)C(C)C(=O)Nc2ccccc2-c2nc1[nH]c2Cl. The van der Waals surface area contributed by atoms with Gasteiger partial charge in [-0.05, 0) is 49.1 Å². The smallest absolute Gasteiger partial charge is 0.244 e. The number of anilines is 1. The molecule has 0 radical (unpaired) electrons. The van der Waals surface area contributed by atoms with E-state index in [4.69, 9.17) is 28.2 Å². The van der Waals surface area contributed by atoms with Gasteiger partial charge in [-0.3, -0.25) is 9.59 Å². The molecule has 4 rings (SSSR count). The first-order valence-electron chi connectivity index (χ1n) is 13.3. The third-order valence-electron chi connectivity index (χ3n) is 7.01. The first kappa shape index (κ1) is 30.0. The molecule has 41 heavy (non-hydrogen) atoms. The molecule has 0 spiro atoms. The van der Waals surface area contributed by atoms with Gasteiger partial charge >= 0.3 is 0 Å². The van der Waals surface area contributed by atoms with E-state index in [1.807, 2.05) is 31.2 Å². The molecule has 214 valence electrons. The Hall–Kier alpha value is -4.02. The number of halogens is 2. The summed E-state index contributed by atoms with van der Waals surface area (Å²) < 4.78 is 0. The van der Waals surface area contributed by atoms with Gasteiger partial charge in [0.05, 0.1) is 24.5 Å². The molecule has 3 aromatic rings. The maximum Gasteiger partial charge on any atom is 0.244 e. The zero-order chi connectivity index (χ0) is 29.4. The Kier molecular flexibility index (Phi) is 10.3. The second kappa shape index (κ2) is 14.0. The summed E-state index contributed by atoms with van der Waals surface area (Å²) in [6, 6.07) is 12.1. The summed E-state index contributed by atoms with van der Waals surface area (Å²) in [5, 5.41) is 14.2. The third-order valence-corrected chi connectivity index (χ3v) is 7.52. The van der Waals surface area contributed by atoms with Gasteiger partial charge in [0.2, 0.25) is 11.8 Å². The number of amides is 2. The quantitative estimate of drug-likeness (QED) is 0.0811. The Morgan fingerprint density at radius 1 is 1.15 bits per heavy atom. The fraction of sp³-hybridized carbons (Fsp3) is 0.310. The lowest BCUT2D eigenvalue weighted by atomic mass is 9.89. The van der Waals surface area contributed by atoms with Crippen LogP contribution in [0.2, 0.25) is 10.2 Å². The highest BCUT2D eigenvalue weighted by atomic mass is 35.5. The summed E-state index contributed by atoms with van der Waals surface area (Å²) in [6.45, 7) is 4.00. The number of benzene rings is 2. The number of nitrogens with zero attached hydrogens (tertiary/aromatic N) is 4. The van der Waals surface area contributed by atoms with Crippen molar-refractivity contribution in [1.82, 2.24) is 20.7 Å². The van der Waals surface area contributed by atoms with Gasteiger partial charge in [0, 0.05) is 28.1 Å². The summed E-state index contributed by atoms with van der Waals surface area (Å²) in [7, 11) is 1.54. The number of hydrogen-bond acceptors (Lipinski definition) is 6. The minimum absolute atomic E-state index is 0.0543. The van der Waals surface area contributed by atoms with Crippen molar-refractivity contribution in [2.24, 2.45) is 27.2 Å². The van der Waals surface area contributed by atoms with Gasteiger partial charge in [0.15, 0.2) is 0 Å². The Bertz CT molecular complexity index is 1480. The van der Waals surface area contributed by atoms with Gasteiger partial charge in [-0.25, -0.2) is 15.4 Å². The standard InChI is InChI=1S/C29H32Cl2N8O2/c1-17-7-6-10-24(35-25(40)14-11-19-15-20(30)12-13-22(19)33-16-34-39-32-3)28-37-26(27(31)38-28)21-8-4-5-9-23(21)36-29(41)18(17)2/h4-5,8-9,11-18,24H,6-7,10H2,1-3H3,(H,35,40)(H,36,41)(H,37,38)(H,32,33,34)/b14-11+/t17?,18?,24-/m0/s1. The molecule has 2 heterocycles. The molecule has 1 aliphatic heterocycles. The molecule has 0 fully saturated rings. The largest absolute Gasteiger partial charge is 0.343 e. The van der Waals surface area contributed by atoms with E-state index in [0.717, 1.165) is 12.8 Å². The lowest BCUT2D eigenvalue weighted by Crippen LogP contribution is -2.28. The number of aromatic amines is 1. The molecule has 0 aliphatic carbocycles. The summed E-state index contributed by atoms with van der Waals surface area (Å²) in [5.74, 6) is 0.112. The number of fused-ring (bicyclic) bond motifs is 4.